The topological polar surface area (TPSA) is 101 Å². The Morgan fingerprint density at radius 1 is 1.08 bits per heavy atom. The summed E-state index contributed by atoms with van der Waals surface area (Å²) in [6.07, 6.45) is 9.22. The van der Waals surface area contributed by atoms with Crippen LogP contribution in [0.15, 0.2) is 61.3 Å². The lowest BCUT2D eigenvalue weighted by Gasteiger charge is -2.37. The molecule has 0 aliphatic carbocycles. The fraction of sp³-hybridized carbons (Fsp3) is 0.259. The van der Waals surface area contributed by atoms with E-state index < -0.39 is 5.41 Å². The molecular weight excluding hydrogens is 492 g/mol. The Kier molecular flexibility index (Phi) is 5.72. The zero-order chi connectivity index (χ0) is 25.6. The van der Waals surface area contributed by atoms with Gasteiger partial charge in [-0.05, 0) is 48.1 Å². The van der Waals surface area contributed by atoms with Gasteiger partial charge in [-0.15, -0.1) is 0 Å². The first-order chi connectivity index (χ1) is 18.0. The van der Waals surface area contributed by atoms with E-state index in [4.69, 9.17) is 21.3 Å². The molecule has 10 heteroatoms. The first kappa shape index (κ1) is 23.3. The fourth-order valence-corrected chi connectivity index (χ4v) is 5.78. The number of halogens is 1. The van der Waals surface area contributed by atoms with E-state index >= 15 is 0 Å². The van der Waals surface area contributed by atoms with Crippen LogP contribution in [0.5, 0.6) is 0 Å². The van der Waals surface area contributed by atoms with E-state index in [1.807, 2.05) is 30.3 Å². The zero-order valence-electron chi connectivity index (χ0n) is 20.1. The highest BCUT2D eigenvalue weighted by Crippen LogP contribution is 2.48. The molecule has 4 aromatic rings. The van der Waals surface area contributed by atoms with Gasteiger partial charge >= 0.3 is 6.09 Å². The Morgan fingerprint density at radius 3 is 2.68 bits per heavy atom. The number of carbonyl (C=O) groups excluding carboxylic acids is 2. The van der Waals surface area contributed by atoms with Crippen LogP contribution < -0.4 is 4.90 Å². The summed E-state index contributed by atoms with van der Waals surface area (Å²) in [5.41, 5.74) is 3.46. The highest BCUT2D eigenvalue weighted by atomic mass is 35.5. The predicted molar refractivity (Wildman–Crippen MR) is 138 cm³/mol. The summed E-state index contributed by atoms with van der Waals surface area (Å²) in [5, 5.41) is 10.5. The third-order valence-corrected chi connectivity index (χ3v) is 7.66. The summed E-state index contributed by atoms with van der Waals surface area (Å²) in [6, 6.07) is 9.48. The molecule has 2 amide bonds. The molecule has 6 rings (SSSR count). The number of carbonyl (C=O) groups is 2. The first-order valence-electron chi connectivity index (χ1n) is 12.0. The Bertz CT molecular complexity index is 1520. The van der Waals surface area contributed by atoms with Crippen LogP contribution in [0, 0.1) is 0 Å². The number of piperidine rings is 1. The van der Waals surface area contributed by atoms with Gasteiger partial charge < -0.3 is 14.5 Å². The van der Waals surface area contributed by atoms with Crippen LogP contribution in [0.25, 0.3) is 21.9 Å². The summed E-state index contributed by atoms with van der Waals surface area (Å²) in [5.74, 6) is -0.00294. The molecule has 0 radical (unpaired) electrons. The molecule has 1 aromatic carbocycles. The lowest BCUT2D eigenvalue weighted by atomic mass is 9.74. The van der Waals surface area contributed by atoms with Crippen LogP contribution in [0.3, 0.4) is 0 Å². The van der Waals surface area contributed by atoms with Crippen LogP contribution in [0.1, 0.15) is 24.1 Å². The molecule has 186 valence electrons. The summed E-state index contributed by atoms with van der Waals surface area (Å²) >= 11 is 6.25. The molecular formula is C27H23ClN6O3. The van der Waals surface area contributed by atoms with Crippen molar-refractivity contribution < 1.29 is 14.3 Å². The van der Waals surface area contributed by atoms with Crippen LogP contribution in [0.4, 0.5) is 10.5 Å². The van der Waals surface area contributed by atoms with Crippen molar-refractivity contribution in [1.82, 2.24) is 25.1 Å². The quantitative estimate of drug-likeness (QED) is 0.399. The van der Waals surface area contributed by atoms with Gasteiger partial charge in [0, 0.05) is 47.0 Å². The van der Waals surface area contributed by atoms with Crippen molar-refractivity contribution in [3.63, 3.8) is 0 Å². The number of anilines is 1. The molecule has 0 unspecified atom stereocenters. The van der Waals surface area contributed by atoms with Crippen LogP contribution >= 0.6 is 11.6 Å². The average molecular weight is 515 g/mol. The third kappa shape index (κ3) is 3.77. The number of hydrogen-bond acceptors (Lipinski definition) is 7. The molecule has 1 spiro atoms. The first-order valence-corrected chi connectivity index (χ1v) is 12.3. The largest absolute Gasteiger partial charge is 0.453 e. The van der Waals surface area contributed by atoms with Crippen molar-refractivity contribution in [3.05, 3.63) is 77.6 Å². The summed E-state index contributed by atoms with van der Waals surface area (Å²) in [6.45, 7) is 1.14. The molecule has 2 aliphatic rings. The number of nitrogens with zero attached hydrogens (tertiary/aromatic N) is 6. The molecule has 0 bridgehead atoms. The minimum Gasteiger partial charge on any atom is -0.453 e. The van der Waals surface area contributed by atoms with Gasteiger partial charge in [0.1, 0.15) is 0 Å². The van der Waals surface area contributed by atoms with Crippen molar-refractivity contribution in [1.29, 1.82) is 0 Å². The summed E-state index contributed by atoms with van der Waals surface area (Å²) < 4.78 is 4.89. The second kappa shape index (κ2) is 9.08. The molecule has 1 saturated heterocycles. The predicted octanol–water partition coefficient (Wildman–Crippen LogP) is 4.39. The van der Waals surface area contributed by atoms with Crippen molar-refractivity contribution >= 4 is 40.1 Å². The molecule has 9 nitrogen and oxygen atoms in total. The van der Waals surface area contributed by atoms with Crippen LogP contribution in [-0.4, -0.2) is 57.3 Å². The maximum absolute atomic E-state index is 14.1. The van der Waals surface area contributed by atoms with Crippen molar-refractivity contribution in [2.24, 2.45) is 0 Å². The highest BCUT2D eigenvalue weighted by Gasteiger charge is 2.52. The minimum absolute atomic E-state index is 0.00294. The molecule has 1 fully saturated rings. The van der Waals surface area contributed by atoms with Crippen molar-refractivity contribution in [2.45, 2.75) is 24.8 Å². The number of amides is 2. The van der Waals surface area contributed by atoms with E-state index in [9.17, 15) is 9.59 Å². The summed E-state index contributed by atoms with van der Waals surface area (Å²) in [7, 11) is 1.37. The smallest absolute Gasteiger partial charge is 0.409 e. The Hall–Kier alpha value is -4.11. The number of benzene rings is 1. The lowest BCUT2D eigenvalue weighted by Crippen LogP contribution is -2.50. The second-order valence-electron chi connectivity index (χ2n) is 9.27. The molecule has 0 saturated carbocycles. The number of methoxy groups -OCH3 is 1. The van der Waals surface area contributed by atoms with E-state index in [2.05, 4.69) is 15.2 Å². The van der Waals surface area contributed by atoms with E-state index in [1.54, 1.807) is 40.8 Å². The number of aromatic nitrogens is 4. The Morgan fingerprint density at radius 2 is 1.92 bits per heavy atom. The van der Waals surface area contributed by atoms with E-state index in [-0.39, 0.29) is 18.5 Å². The zero-order valence-corrected chi connectivity index (χ0v) is 20.9. The molecule has 2 aliphatic heterocycles. The maximum Gasteiger partial charge on any atom is 0.409 e. The van der Waals surface area contributed by atoms with Crippen molar-refractivity contribution in [3.8, 4) is 11.1 Å². The second-order valence-corrected chi connectivity index (χ2v) is 9.70. The fourth-order valence-electron chi connectivity index (χ4n) is 5.59. The number of hydrogen-bond donors (Lipinski definition) is 0. The van der Waals surface area contributed by atoms with E-state index in [0.717, 1.165) is 38.8 Å². The molecule has 3 aromatic heterocycles. The van der Waals surface area contributed by atoms with E-state index in [0.29, 0.717) is 31.0 Å². The van der Waals surface area contributed by atoms with E-state index in [1.165, 1.54) is 7.11 Å². The van der Waals surface area contributed by atoms with Gasteiger partial charge in [0.15, 0.2) is 0 Å². The minimum atomic E-state index is -0.717. The Balaban J connectivity index is 1.42. The van der Waals surface area contributed by atoms with Gasteiger partial charge in [-0.25, -0.2) is 4.79 Å². The lowest BCUT2D eigenvalue weighted by molar-refractivity contribution is -0.124. The van der Waals surface area contributed by atoms with Gasteiger partial charge in [-0.3, -0.25) is 14.8 Å². The van der Waals surface area contributed by atoms with Crippen molar-refractivity contribution in [2.75, 3.05) is 25.1 Å². The maximum atomic E-state index is 14.1. The monoisotopic (exact) mass is 514 g/mol. The van der Waals surface area contributed by atoms with Crippen LogP contribution in [-0.2, 0) is 21.5 Å². The number of likely N-dealkylation sites (tertiary alicyclic amines) is 1. The Labute approximate surface area is 218 Å². The third-order valence-electron chi connectivity index (χ3n) is 7.42. The SMILES string of the molecule is COC(=O)N1CCC2(CC1)C(=O)N(Cc1ncc3cc(Cl)ccc3c1-c1ccnnc1)c1cnccc12. The normalized spacial score (nSPS) is 16.3. The molecule has 37 heavy (non-hydrogen) atoms. The van der Waals surface area contributed by atoms with Crippen LogP contribution in [0.2, 0.25) is 5.02 Å². The van der Waals surface area contributed by atoms with Gasteiger partial charge in [-0.2, -0.15) is 10.2 Å². The molecule has 0 N–H and O–H groups in total. The number of ether oxygens (including phenoxy) is 1. The van der Waals surface area contributed by atoms with Gasteiger partial charge in [0.05, 0.1) is 49.0 Å². The standard InChI is InChI=1S/C27H23ClN6O3/c1-37-26(36)33-10-6-27(7-11-33)21-5-8-29-15-23(21)34(25(27)35)16-22-24(17-4-9-31-32-14-17)20-3-2-19(28)12-18(20)13-30-22/h2-5,8-9,12-15H,6-7,10-11,16H2,1H3. The average Bonchev–Trinajstić information content (AvgIpc) is 3.16. The number of fused-ring (bicyclic) bond motifs is 3. The summed E-state index contributed by atoms with van der Waals surface area (Å²) in [4.78, 5) is 38.7. The van der Waals surface area contributed by atoms with Gasteiger partial charge in [0.25, 0.3) is 0 Å². The number of rotatable bonds is 3. The molecule has 5 heterocycles. The molecule has 0 atom stereocenters. The number of pyridine rings is 2. The van der Waals surface area contributed by atoms with Gasteiger partial charge in [0.2, 0.25) is 5.91 Å². The highest BCUT2D eigenvalue weighted by molar-refractivity contribution is 6.31. The van der Waals surface area contributed by atoms with Gasteiger partial charge in [-0.1, -0.05) is 17.7 Å².